The molecular weight excluding hydrogens is 210 g/mol. The predicted octanol–water partition coefficient (Wildman–Crippen LogP) is 1.50. The first kappa shape index (κ1) is 10.6. The summed E-state index contributed by atoms with van der Waals surface area (Å²) in [5.41, 5.74) is 1.51. The maximum atomic E-state index is 10.9. The number of aryl methyl sites for hydroxylation is 2. The normalized spacial score (nSPS) is 13.9. The van der Waals surface area contributed by atoms with Gasteiger partial charge in [-0.15, -0.1) is 11.3 Å². The number of hydrogen-bond acceptors (Lipinski definition) is 4. The van der Waals surface area contributed by atoms with E-state index in [4.69, 9.17) is 0 Å². The largest absolute Gasteiger partial charge is 0.468 e. The fourth-order valence-corrected chi connectivity index (χ4v) is 3.07. The molecule has 2 rings (SSSR count). The van der Waals surface area contributed by atoms with E-state index in [0.29, 0.717) is 6.54 Å². The van der Waals surface area contributed by atoms with Crippen LogP contribution < -0.4 is 5.32 Å². The Hall–Kier alpha value is -0.870. The molecule has 0 saturated carbocycles. The number of methoxy groups -OCH3 is 1. The first-order valence-electron chi connectivity index (χ1n) is 5.17. The second kappa shape index (κ2) is 4.77. The molecule has 0 unspecified atom stereocenters. The van der Waals surface area contributed by atoms with Crippen LogP contribution in [0.2, 0.25) is 0 Å². The average molecular weight is 225 g/mol. The van der Waals surface area contributed by atoms with Gasteiger partial charge in [0.25, 0.3) is 0 Å². The van der Waals surface area contributed by atoms with Crippen LogP contribution in [-0.2, 0) is 28.9 Å². The number of fused-ring (bicyclic) bond motifs is 1. The first-order valence-corrected chi connectivity index (χ1v) is 5.99. The van der Waals surface area contributed by atoms with Crippen LogP contribution in [0.3, 0.4) is 0 Å². The van der Waals surface area contributed by atoms with E-state index >= 15 is 0 Å². The fourth-order valence-electron chi connectivity index (χ4n) is 1.84. The van der Waals surface area contributed by atoms with Gasteiger partial charge in [0, 0.05) is 16.3 Å². The minimum Gasteiger partial charge on any atom is -0.468 e. The molecule has 4 heteroatoms. The minimum absolute atomic E-state index is 0.209. The Morgan fingerprint density at radius 3 is 3.20 bits per heavy atom. The third-order valence-corrected chi connectivity index (χ3v) is 3.83. The third kappa shape index (κ3) is 2.58. The highest BCUT2D eigenvalue weighted by Crippen LogP contribution is 2.30. The molecule has 82 valence electrons. The first-order chi connectivity index (χ1) is 7.29. The summed E-state index contributed by atoms with van der Waals surface area (Å²) in [6.45, 7) is 1.06. The average Bonchev–Trinajstić information content (AvgIpc) is 2.77. The molecule has 0 bridgehead atoms. The van der Waals surface area contributed by atoms with Crippen LogP contribution in [0.25, 0.3) is 0 Å². The number of hydrogen-bond donors (Lipinski definition) is 1. The Kier molecular flexibility index (Phi) is 3.38. The van der Waals surface area contributed by atoms with E-state index in [1.807, 2.05) is 11.3 Å². The molecule has 1 aromatic rings. The van der Waals surface area contributed by atoms with Crippen LogP contribution in [0, 0.1) is 0 Å². The molecule has 15 heavy (non-hydrogen) atoms. The van der Waals surface area contributed by atoms with E-state index < -0.39 is 0 Å². The molecule has 0 aliphatic heterocycles. The molecule has 1 N–H and O–H groups in total. The monoisotopic (exact) mass is 225 g/mol. The molecule has 0 spiro atoms. The van der Waals surface area contributed by atoms with Gasteiger partial charge in [0.1, 0.15) is 0 Å². The Morgan fingerprint density at radius 2 is 2.47 bits per heavy atom. The van der Waals surface area contributed by atoms with Crippen LogP contribution in [0.1, 0.15) is 21.7 Å². The van der Waals surface area contributed by atoms with E-state index in [-0.39, 0.29) is 5.97 Å². The van der Waals surface area contributed by atoms with Gasteiger partial charge < -0.3 is 10.1 Å². The quantitative estimate of drug-likeness (QED) is 0.789. The molecule has 3 nitrogen and oxygen atoms in total. The summed E-state index contributed by atoms with van der Waals surface area (Å²) in [6, 6.07) is 2.26. The molecule has 0 fully saturated rings. The molecule has 0 radical (unpaired) electrons. The summed E-state index contributed by atoms with van der Waals surface area (Å²) in [4.78, 5) is 13.7. The lowest BCUT2D eigenvalue weighted by Crippen LogP contribution is -2.22. The molecule has 0 atom stereocenters. The van der Waals surface area contributed by atoms with Crippen molar-refractivity contribution in [3.05, 3.63) is 21.4 Å². The standard InChI is InChI=1S/C11H15NO2S/c1-14-11(13)7-12-6-9-5-8-3-2-4-10(8)15-9/h5,12H,2-4,6-7H2,1H3. The number of ether oxygens (including phenoxy) is 1. The number of esters is 1. The topological polar surface area (TPSA) is 38.3 Å². The molecule has 0 aromatic carbocycles. The molecular formula is C11H15NO2S. The lowest BCUT2D eigenvalue weighted by Gasteiger charge is -2.00. The van der Waals surface area contributed by atoms with E-state index in [1.54, 1.807) is 0 Å². The number of rotatable bonds is 4. The Bertz CT molecular complexity index is 338. The summed E-state index contributed by atoms with van der Waals surface area (Å²) in [6.07, 6.45) is 3.76. The molecule has 1 aliphatic carbocycles. The van der Waals surface area contributed by atoms with E-state index in [1.165, 1.54) is 41.7 Å². The van der Waals surface area contributed by atoms with E-state index in [9.17, 15) is 4.79 Å². The van der Waals surface area contributed by atoms with Gasteiger partial charge in [-0.05, 0) is 30.9 Å². The van der Waals surface area contributed by atoms with Crippen molar-refractivity contribution in [2.45, 2.75) is 25.8 Å². The van der Waals surface area contributed by atoms with Gasteiger partial charge in [0.2, 0.25) is 0 Å². The van der Waals surface area contributed by atoms with Crippen molar-refractivity contribution in [2.24, 2.45) is 0 Å². The highest BCUT2D eigenvalue weighted by Gasteiger charge is 2.14. The molecule has 0 amide bonds. The number of carbonyl (C=O) groups excluding carboxylic acids is 1. The lowest BCUT2D eigenvalue weighted by atomic mass is 10.2. The molecule has 0 saturated heterocycles. The maximum absolute atomic E-state index is 10.9. The van der Waals surface area contributed by atoms with Gasteiger partial charge in [0.05, 0.1) is 13.7 Å². The van der Waals surface area contributed by atoms with Crippen molar-refractivity contribution >= 4 is 17.3 Å². The Balaban J connectivity index is 1.81. The van der Waals surface area contributed by atoms with E-state index in [2.05, 4.69) is 16.1 Å². The maximum Gasteiger partial charge on any atom is 0.319 e. The van der Waals surface area contributed by atoms with Crippen LogP contribution in [0.4, 0.5) is 0 Å². The second-order valence-electron chi connectivity index (χ2n) is 3.69. The van der Waals surface area contributed by atoms with Gasteiger partial charge in [-0.1, -0.05) is 0 Å². The summed E-state index contributed by atoms with van der Waals surface area (Å²) < 4.78 is 4.55. The zero-order valence-corrected chi connectivity index (χ0v) is 9.65. The second-order valence-corrected chi connectivity index (χ2v) is 4.92. The Labute approximate surface area is 93.4 Å². The van der Waals surface area contributed by atoms with Crippen LogP contribution >= 0.6 is 11.3 Å². The van der Waals surface area contributed by atoms with Crippen molar-refractivity contribution < 1.29 is 9.53 Å². The van der Waals surface area contributed by atoms with Crippen LogP contribution in [-0.4, -0.2) is 19.6 Å². The van der Waals surface area contributed by atoms with Crippen molar-refractivity contribution in [1.82, 2.24) is 5.32 Å². The summed E-state index contributed by atoms with van der Waals surface area (Å²) in [5, 5.41) is 3.08. The zero-order valence-electron chi connectivity index (χ0n) is 8.84. The predicted molar refractivity (Wildman–Crippen MR) is 60.1 cm³/mol. The highest BCUT2D eigenvalue weighted by atomic mass is 32.1. The van der Waals surface area contributed by atoms with Crippen molar-refractivity contribution in [3.8, 4) is 0 Å². The van der Waals surface area contributed by atoms with Crippen molar-refractivity contribution in [2.75, 3.05) is 13.7 Å². The van der Waals surface area contributed by atoms with Crippen molar-refractivity contribution in [3.63, 3.8) is 0 Å². The van der Waals surface area contributed by atoms with E-state index in [0.717, 1.165) is 6.54 Å². The third-order valence-electron chi connectivity index (χ3n) is 2.59. The molecule has 1 aliphatic rings. The number of thiophene rings is 1. The fraction of sp³-hybridized carbons (Fsp3) is 0.545. The lowest BCUT2D eigenvalue weighted by molar-refractivity contribution is -0.139. The minimum atomic E-state index is -0.209. The zero-order chi connectivity index (χ0) is 10.7. The Morgan fingerprint density at radius 1 is 1.60 bits per heavy atom. The summed E-state index contributed by atoms with van der Waals surface area (Å²) >= 11 is 1.87. The summed E-state index contributed by atoms with van der Waals surface area (Å²) in [7, 11) is 1.41. The SMILES string of the molecule is COC(=O)CNCc1cc2c(s1)CCC2. The highest BCUT2D eigenvalue weighted by molar-refractivity contribution is 7.12. The molecule has 1 aromatic heterocycles. The van der Waals surface area contributed by atoms with Gasteiger partial charge in [-0.3, -0.25) is 4.79 Å². The van der Waals surface area contributed by atoms with Crippen LogP contribution in [0.5, 0.6) is 0 Å². The number of carbonyl (C=O) groups is 1. The van der Waals surface area contributed by atoms with Gasteiger partial charge >= 0.3 is 5.97 Å². The van der Waals surface area contributed by atoms with Gasteiger partial charge in [0.15, 0.2) is 0 Å². The molecule has 1 heterocycles. The van der Waals surface area contributed by atoms with Gasteiger partial charge in [-0.2, -0.15) is 0 Å². The van der Waals surface area contributed by atoms with Crippen LogP contribution in [0.15, 0.2) is 6.07 Å². The van der Waals surface area contributed by atoms with Gasteiger partial charge in [-0.25, -0.2) is 0 Å². The summed E-state index contributed by atoms with van der Waals surface area (Å²) in [5.74, 6) is -0.209. The van der Waals surface area contributed by atoms with Crippen molar-refractivity contribution in [1.29, 1.82) is 0 Å². The number of nitrogens with one attached hydrogen (secondary N) is 1. The smallest absolute Gasteiger partial charge is 0.319 e.